The lowest BCUT2D eigenvalue weighted by Gasteiger charge is -2.20. The Kier molecular flexibility index (Phi) is 6.46. The van der Waals surface area contributed by atoms with Crippen molar-refractivity contribution in [2.24, 2.45) is 5.92 Å². The highest BCUT2D eigenvalue weighted by atomic mass is 19.1. The van der Waals surface area contributed by atoms with Gasteiger partial charge in [-0.2, -0.15) is 0 Å². The molecule has 156 valence electrons. The van der Waals surface area contributed by atoms with Crippen molar-refractivity contribution in [2.75, 3.05) is 20.2 Å². The Bertz CT molecular complexity index is 898. The van der Waals surface area contributed by atoms with E-state index in [1.807, 2.05) is 18.4 Å². The molecule has 0 aliphatic carbocycles. The number of ether oxygens (including phenoxy) is 1. The van der Waals surface area contributed by atoms with Crippen molar-refractivity contribution in [1.82, 2.24) is 25.0 Å². The minimum Gasteiger partial charge on any atom is -0.494 e. The number of hydrogen-bond acceptors (Lipinski definition) is 5. The van der Waals surface area contributed by atoms with Gasteiger partial charge in [0.1, 0.15) is 5.82 Å². The molecule has 9 heteroatoms. The second-order valence-corrected chi connectivity index (χ2v) is 7.10. The van der Waals surface area contributed by atoms with Crippen molar-refractivity contribution in [1.29, 1.82) is 0 Å². The predicted molar refractivity (Wildman–Crippen MR) is 104 cm³/mol. The highest BCUT2D eigenvalue weighted by molar-refractivity contribution is 5.94. The van der Waals surface area contributed by atoms with Crippen LogP contribution in [0.1, 0.15) is 42.3 Å². The van der Waals surface area contributed by atoms with Gasteiger partial charge in [-0.25, -0.2) is 4.39 Å². The van der Waals surface area contributed by atoms with E-state index in [9.17, 15) is 14.0 Å². The second-order valence-electron chi connectivity index (χ2n) is 7.10. The van der Waals surface area contributed by atoms with Gasteiger partial charge in [0.15, 0.2) is 17.4 Å². The average molecular weight is 403 g/mol. The van der Waals surface area contributed by atoms with Gasteiger partial charge in [0.25, 0.3) is 5.91 Å². The van der Waals surface area contributed by atoms with Gasteiger partial charge in [-0.15, -0.1) is 10.2 Å². The van der Waals surface area contributed by atoms with E-state index in [0.717, 1.165) is 12.2 Å². The third kappa shape index (κ3) is 4.55. The first-order chi connectivity index (χ1) is 13.9. The maximum Gasteiger partial charge on any atom is 0.254 e. The average Bonchev–Trinajstić information content (AvgIpc) is 2.99. The Labute approximate surface area is 169 Å². The number of rotatable bonds is 6. The molecule has 8 nitrogen and oxygen atoms in total. The number of nitrogens with zero attached hydrogens (tertiary/aromatic N) is 4. The van der Waals surface area contributed by atoms with E-state index in [-0.39, 0.29) is 29.0 Å². The number of carbonyl (C=O) groups excluding carboxylic acids is 2. The molecule has 2 amide bonds. The lowest BCUT2D eigenvalue weighted by molar-refractivity contribution is -0.124. The summed E-state index contributed by atoms with van der Waals surface area (Å²) in [5.41, 5.74) is 0.280. The van der Waals surface area contributed by atoms with Crippen LogP contribution in [0.2, 0.25) is 0 Å². The quantitative estimate of drug-likeness (QED) is 0.794. The summed E-state index contributed by atoms with van der Waals surface area (Å²) in [5, 5.41) is 11.3. The van der Waals surface area contributed by atoms with Crippen molar-refractivity contribution in [3.05, 3.63) is 41.2 Å². The first kappa shape index (κ1) is 20.8. The molecule has 0 spiro atoms. The molecule has 3 rings (SSSR count). The van der Waals surface area contributed by atoms with Crippen LogP contribution in [0.5, 0.6) is 5.75 Å². The first-order valence-corrected chi connectivity index (χ1v) is 9.76. The summed E-state index contributed by atoms with van der Waals surface area (Å²) in [6.07, 6.45) is 1.31. The molecular formula is C20H26FN5O3. The minimum atomic E-state index is -0.565. The highest BCUT2D eigenvalue weighted by Crippen LogP contribution is 2.20. The molecule has 1 aliphatic heterocycles. The summed E-state index contributed by atoms with van der Waals surface area (Å²) in [7, 11) is 1.38. The van der Waals surface area contributed by atoms with E-state index in [1.165, 1.54) is 19.2 Å². The van der Waals surface area contributed by atoms with Crippen LogP contribution >= 0.6 is 0 Å². The van der Waals surface area contributed by atoms with Crippen molar-refractivity contribution in [2.45, 2.75) is 39.8 Å². The van der Waals surface area contributed by atoms with Crippen LogP contribution in [0.3, 0.4) is 0 Å². The lowest BCUT2D eigenvalue weighted by Crippen LogP contribution is -2.34. The first-order valence-electron chi connectivity index (χ1n) is 9.76. The summed E-state index contributed by atoms with van der Waals surface area (Å²) in [4.78, 5) is 26.5. The number of hydrogen-bond donors (Lipinski definition) is 1. The van der Waals surface area contributed by atoms with E-state index in [1.54, 1.807) is 11.0 Å². The Morgan fingerprint density at radius 1 is 1.28 bits per heavy atom. The molecule has 0 fully saturated rings. The Morgan fingerprint density at radius 2 is 2.07 bits per heavy atom. The summed E-state index contributed by atoms with van der Waals surface area (Å²) in [5.74, 6) is 0.668. The van der Waals surface area contributed by atoms with Crippen molar-refractivity contribution in [3.63, 3.8) is 0 Å². The maximum absolute atomic E-state index is 14.0. The topological polar surface area (TPSA) is 89.4 Å². The molecule has 2 aromatic rings. The van der Waals surface area contributed by atoms with Crippen LogP contribution in [0.25, 0.3) is 0 Å². The van der Waals surface area contributed by atoms with Crippen molar-refractivity contribution in [3.8, 4) is 5.75 Å². The van der Waals surface area contributed by atoms with Crippen LogP contribution in [0, 0.1) is 11.7 Å². The maximum atomic E-state index is 14.0. The van der Waals surface area contributed by atoms with E-state index in [0.29, 0.717) is 38.4 Å². The van der Waals surface area contributed by atoms with E-state index >= 15 is 0 Å². The Morgan fingerprint density at radius 3 is 2.76 bits per heavy atom. The number of nitrogens with one attached hydrogen (secondary N) is 1. The minimum absolute atomic E-state index is 0.0168. The molecule has 0 saturated carbocycles. The van der Waals surface area contributed by atoms with Gasteiger partial charge in [-0.3, -0.25) is 9.59 Å². The van der Waals surface area contributed by atoms with Gasteiger partial charge in [0.2, 0.25) is 5.91 Å². The summed E-state index contributed by atoms with van der Waals surface area (Å²) in [6.45, 7) is 5.57. The zero-order valence-corrected chi connectivity index (χ0v) is 16.9. The molecule has 29 heavy (non-hydrogen) atoms. The number of benzene rings is 1. The van der Waals surface area contributed by atoms with Gasteiger partial charge in [-0.1, -0.05) is 13.8 Å². The predicted octanol–water partition coefficient (Wildman–Crippen LogP) is 1.79. The number of methoxy groups -OCH3 is 1. The molecule has 0 saturated heterocycles. The number of aromatic nitrogens is 3. The van der Waals surface area contributed by atoms with Crippen LogP contribution in [0.15, 0.2) is 18.2 Å². The SMILES string of the molecule is CCC(C)C(=O)NCc1nnc2n1CCN(C(=O)c1ccc(OC)c(F)c1)CC2. The zero-order valence-electron chi connectivity index (χ0n) is 16.9. The Balaban J connectivity index is 1.66. The van der Waals surface area contributed by atoms with Gasteiger partial charge >= 0.3 is 0 Å². The molecule has 1 aromatic heterocycles. The smallest absolute Gasteiger partial charge is 0.254 e. The molecule has 2 heterocycles. The Hall–Kier alpha value is -2.97. The lowest BCUT2D eigenvalue weighted by atomic mass is 10.1. The summed E-state index contributed by atoms with van der Waals surface area (Å²) in [6, 6.07) is 4.21. The molecule has 0 bridgehead atoms. The van der Waals surface area contributed by atoms with Crippen LogP contribution < -0.4 is 10.1 Å². The number of halogens is 1. The monoisotopic (exact) mass is 403 g/mol. The summed E-state index contributed by atoms with van der Waals surface area (Å²) >= 11 is 0. The van der Waals surface area contributed by atoms with Crippen molar-refractivity contribution < 1.29 is 18.7 Å². The molecule has 1 unspecified atom stereocenters. The fourth-order valence-electron chi connectivity index (χ4n) is 3.22. The van der Waals surface area contributed by atoms with E-state index in [2.05, 4.69) is 15.5 Å². The standard InChI is InChI=1S/C20H26FN5O3/c1-4-13(2)19(27)22-12-18-24-23-17-7-8-25(9-10-26(17)18)20(28)14-5-6-16(29-3)15(21)11-14/h5-6,11,13H,4,7-10,12H2,1-3H3,(H,22,27). The van der Waals surface area contributed by atoms with Gasteiger partial charge in [0, 0.05) is 37.5 Å². The highest BCUT2D eigenvalue weighted by Gasteiger charge is 2.23. The fourth-order valence-corrected chi connectivity index (χ4v) is 3.22. The molecule has 1 N–H and O–H groups in total. The third-order valence-electron chi connectivity index (χ3n) is 5.27. The molecule has 1 aromatic carbocycles. The molecular weight excluding hydrogens is 377 g/mol. The van der Waals surface area contributed by atoms with Crippen LogP contribution in [0.4, 0.5) is 4.39 Å². The third-order valence-corrected chi connectivity index (χ3v) is 5.27. The van der Waals surface area contributed by atoms with Crippen LogP contribution in [-0.4, -0.2) is 51.7 Å². The molecule has 1 aliphatic rings. The van der Waals surface area contributed by atoms with Gasteiger partial charge < -0.3 is 19.5 Å². The normalized spacial score (nSPS) is 14.7. The van der Waals surface area contributed by atoms with Crippen LogP contribution in [-0.2, 0) is 24.3 Å². The van der Waals surface area contributed by atoms with E-state index in [4.69, 9.17) is 4.74 Å². The molecule has 0 radical (unpaired) electrons. The van der Waals surface area contributed by atoms with Crippen molar-refractivity contribution >= 4 is 11.8 Å². The van der Waals surface area contributed by atoms with E-state index < -0.39 is 5.82 Å². The number of amides is 2. The molecule has 1 atom stereocenters. The second kappa shape index (κ2) is 9.02. The van der Waals surface area contributed by atoms with Gasteiger partial charge in [-0.05, 0) is 24.6 Å². The van der Waals surface area contributed by atoms with Gasteiger partial charge in [0.05, 0.1) is 13.7 Å². The summed E-state index contributed by atoms with van der Waals surface area (Å²) < 4.78 is 20.8. The fraction of sp³-hybridized carbons (Fsp3) is 0.500. The number of carbonyl (C=O) groups is 2. The number of fused-ring (bicyclic) bond motifs is 1. The zero-order chi connectivity index (χ0) is 21.0. The largest absolute Gasteiger partial charge is 0.494 e.